The van der Waals surface area contributed by atoms with E-state index in [0.29, 0.717) is 12.3 Å². The van der Waals surface area contributed by atoms with Crippen LogP contribution in [0.4, 0.5) is 5.69 Å². The van der Waals surface area contributed by atoms with Crippen LogP contribution < -0.4 is 15.4 Å². The number of hydrogen-bond donors (Lipinski definition) is 1. The van der Waals surface area contributed by atoms with Crippen molar-refractivity contribution < 1.29 is 14.3 Å². The van der Waals surface area contributed by atoms with Gasteiger partial charge >= 0.3 is 0 Å². The molecule has 2 N–H and O–H groups in total. The summed E-state index contributed by atoms with van der Waals surface area (Å²) in [5.74, 6) is 0.00946. The molecule has 5 nitrogen and oxygen atoms in total. The third-order valence-electron chi connectivity index (χ3n) is 3.83. The Balaban J connectivity index is 1.63. The second-order valence-electron chi connectivity index (χ2n) is 5.53. The quantitative estimate of drug-likeness (QED) is 0.857. The number of nitrogens with zero attached hydrogens (tertiary/aromatic N) is 1. The van der Waals surface area contributed by atoms with Gasteiger partial charge in [-0.25, -0.2) is 0 Å². The number of amides is 2. The summed E-state index contributed by atoms with van der Waals surface area (Å²) in [5, 5.41) is 0. The van der Waals surface area contributed by atoms with Crippen molar-refractivity contribution >= 4 is 23.6 Å². The molecule has 0 bridgehead atoms. The first kappa shape index (κ1) is 15.8. The van der Waals surface area contributed by atoms with Gasteiger partial charge in [0.15, 0.2) is 6.61 Å². The first-order valence-electron chi connectivity index (χ1n) is 7.72. The van der Waals surface area contributed by atoms with E-state index < -0.39 is 5.91 Å². The molecule has 1 aliphatic heterocycles. The number of para-hydroxylation sites is 1. The van der Waals surface area contributed by atoms with E-state index in [1.165, 1.54) is 5.56 Å². The number of primary amides is 1. The van der Waals surface area contributed by atoms with Gasteiger partial charge in [0, 0.05) is 18.3 Å². The van der Waals surface area contributed by atoms with Gasteiger partial charge < -0.3 is 15.4 Å². The van der Waals surface area contributed by atoms with E-state index in [0.717, 1.165) is 17.7 Å². The molecule has 0 spiro atoms. The molecule has 0 aliphatic carbocycles. The Morgan fingerprint density at radius 3 is 2.62 bits per heavy atom. The molecule has 2 aromatic carbocycles. The number of ether oxygens (including phenoxy) is 1. The minimum Gasteiger partial charge on any atom is -0.484 e. The molecule has 0 saturated heterocycles. The Labute approximate surface area is 140 Å². The topological polar surface area (TPSA) is 72.6 Å². The smallest absolute Gasteiger partial charge is 0.255 e. The Bertz CT molecular complexity index is 781. The SMILES string of the molecule is NC(=O)COc1ccc(/C=C/C(=O)N2CCc3ccccc32)cc1. The van der Waals surface area contributed by atoms with Crippen LogP contribution in [0, 0.1) is 0 Å². The predicted octanol–water partition coefficient (Wildman–Crippen LogP) is 2.15. The Morgan fingerprint density at radius 1 is 1.12 bits per heavy atom. The zero-order chi connectivity index (χ0) is 16.9. The van der Waals surface area contributed by atoms with Crippen LogP contribution in [-0.4, -0.2) is 25.0 Å². The molecule has 0 atom stereocenters. The van der Waals surface area contributed by atoms with Crippen LogP contribution in [0.5, 0.6) is 5.75 Å². The third kappa shape index (κ3) is 3.63. The summed E-state index contributed by atoms with van der Waals surface area (Å²) in [6, 6.07) is 15.1. The number of hydrogen-bond acceptors (Lipinski definition) is 3. The lowest BCUT2D eigenvalue weighted by Gasteiger charge is -2.14. The van der Waals surface area contributed by atoms with Gasteiger partial charge in [-0.15, -0.1) is 0 Å². The predicted molar refractivity (Wildman–Crippen MR) is 92.7 cm³/mol. The van der Waals surface area contributed by atoms with Gasteiger partial charge in [-0.05, 0) is 41.8 Å². The van der Waals surface area contributed by atoms with Crippen molar-refractivity contribution in [3.8, 4) is 5.75 Å². The average Bonchev–Trinajstić information content (AvgIpc) is 3.03. The van der Waals surface area contributed by atoms with Crippen LogP contribution in [-0.2, 0) is 16.0 Å². The molecule has 0 saturated carbocycles. The number of rotatable bonds is 5. The average molecular weight is 322 g/mol. The first-order chi connectivity index (χ1) is 11.6. The number of carbonyl (C=O) groups is 2. The molecule has 0 fully saturated rings. The number of carbonyl (C=O) groups excluding carboxylic acids is 2. The normalized spacial score (nSPS) is 13.1. The maximum absolute atomic E-state index is 12.4. The van der Waals surface area contributed by atoms with Crippen LogP contribution in [0.3, 0.4) is 0 Å². The van der Waals surface area contributed by atoms with Gasteiger partial charge in [0.2, 0.25) is 0 Å². The van der Waals surface area contributed by atoms with Gasteiger partial charge in [0.1, 0.15) is 5.75 Å². The van der Waals surface area contributed by atoms with Crippen LogP contribution in [0.25, 0.3) is 6.08 Å². The molecule has 2 amide bonds. The van der Waals surface area contributed by atoms with Crippen molar-refractivity contribution in [2.75, 3.05) is 18.1 Å². The highest BCUT2D eigenvalue weighted by Gasteiger charge is 2.22. The summed E-state index contributed by atoms with van der Waals surface area (Å²) in [4.78, 5) is 24.9. The highest BCUT2D eigenvalue weighted by atomic mass is 16.5. The largest absolute Gasteiger partial charge is 0.484 e. The maximum Gasteiger partial charge on any atom is 0.255 e. The van der Waals surface area contributed by atoms with E-state index in [-0.39, 0.29) is 12.5 Å². The minimum atomic E-state index is -0.518. The Morgan fingerprint density at radius 2 is 1.88 bits per heavy atom. The van der Waals surface area contributed by atoms with E-state index in [1.54, 1.807) is 29.2 Å². The molecule has 1 heterocycles. The molecule has 122 valence electrons. The van der Waals surface area contributed by atoms with Gasteiger partial charge in [-0.2, -0.15) is 0 Å². The van der Waals surface area contributed by atoms with Crippen molar-refractivity contribution in [2.24, 2.45) is 5.73 Å². The fourth-order valence-corrected chi connectivity index (χ4v) is 2.65. The zero-order valence-corrected chi connectivity index (χ0v) is 13.1. The molecular formula is C19H18N2O3. The lowest BCUT2D eigenvalue weighted by atomic mass is 10.2. The van der Waals surface area contributed by atoms with Gasteiger partial charge in [-0.3, -0.25) is 9.59 Å². The summed E-state index contributed by atoms with van der Waals surface area (Å²) in [6.45, 7) is 0.560. The summed E-state index contributed by atoms with van der Waals surface area (Å²) < 4.78 is 5.19. The van der Waals surface area contributed by atoms with Crippen LogP contribution in [0.2, 0.25) is 0 Å². The summed E-state index contributed by atoms with van der Waals surface area (Å²) in [7, 11) is 0. The second kappa shape index (κ2) is 7.00. The van der Waals surface area contributed by atoms with Gasteiger partial charge in [0.05, 0.1) is 0 Å². The molecule has 1 aliphatic rings. The number of nitrogens with two attached hydrogens (primary N) is 1. The van der Waals surface area contributed by atoms with Crippen LogP contribution in [0.1, 0.15) is 11.1 Å². The maximum atomic E-state index is 12.4. The lowest BCUT2D eigenvalue weighted by molar-refractivity contribution is -0.120. The molecule has 2 aromatic rings. The van der Waals surface area contributed by atoms with Crippen molar-refractivity contribution in [1.82, 2.24) is 0 Å². The second-order valence-corrected chi connectivity index (χ2v) is 5.53. The zero-order valence-electron chi connectivity index (χ0n) is 13.1. The van der Waals surface area contributed by atoms with Crippen molar-refractivity contribution in [2.45, 2.75) is 6.42 Å². The number of fused-ring (bicyclic) bond motifs is 1. The van der Waals surface area contributed by atoms with Crippen LogP contribution in [0.15, 0.2) is 54.6 Å². The highest BCUT2D eigenvalue weighted by Crippen LogP contribution is 2.27. The summed E-state index contributed by atoms with van der Waals surface area (Å²) in [5.41, 5.74) is 8.10. The molecular weight excluding hydrogens is 304 g/mol. The standard InChI is InChI=1S/C19H18N2O3/c20-18(22)13-24-16-8-5-14(6-9-16)7-10-19(23)21-12-11-15-3-1-2-4-17(15)21/h1-10H,11-13H2,(H2,20,22)/b10-7+. The monoisotopic (exact) mass is 322 g/mol. The van der Waals surface area contributed by atoms with E-state index in [2.05, 4.69) is 6.07 Å². The van der Waals surface area contributed by atoms with Crippen molar-refractivity contribution in [1.29, 1.82) is 0 Å². The van der Waals surface area contributed by atoms with Crippen molar-refractivity contribution in [3.05, 3.63) is 65.7 Å². The number of anilines is 1. The van der Waals surface area contributed by atoms with Crippen molar-refractivity contribution in [3.63, 3.8) is 0 Å². The first-order valence-corrected chi connectivity index (χ1v) is 7.72. The fraction of sp³-hybridized carbons (Fsp3) is 0.158. The molecule has 0 aromatic heterocycles. The van der Waals surface area contributed by atoms with Gasteiger partial charge in [0.25, 0.3) is 11.8 Å². The molecule has 24 heavy (non-hydrogen) atoms. The molecule has 3 rings (SSSR count). The minimum absolute atomic E-state index is 0.0333. The van der Waals surface area contributed by atoms with Gasteiger partial charge in [-0.1, -0.05) is 30.3 Å². The number of benzene rings is 2. The highest BCUT2D eigenvalue weighted by molar-refractivity contribution is 6.05. The van der Waals surface area contributed by atoms with E-state index in [9.17, 15) is 9.59 Å². The molecule has 5 heteroatoms. The van der Waals surface area contributed by atoms with E-state index in [1.807, 2.05) is 30.3 Å². The third-order valence-corrected chi connectivity index (χ3v) is 3.83. The van der Waals surface area contributed by atoms with E-state index >= 15 is 0 Å². The molecule has 0 radical (unpaired) electrons. The van der Waals surface area contributed by atoms with Crippen LogP contribution >= 0.6 is 0 Å². The Kier molecular flexibility index (Phi) is 4.61. The Hall–Kier alpha value is -3.08. The summed E-state index contributed by atoms with van der Waals surface area (Å²) >= 11 is 0. The summed E-state index contributed by atoms with van der Waals surface area (Å²) in [6.07, 6.45) is 4.23. The van der Waals surface area contributed by atoms with E-state index in [4.69, 9.17) is 10.5 Å². The lowest BCUT2D eigenvalue weighted by Crippen LogP contribution is -2.26. The molecule has 0 unspecified atom stereocenters. The fourth-order valence-electron chi connectivity index (χ4n) is 2.65.